The van der Waals surface area contributed by atoms with E-state index in [4.69, 9.17) is 16.3 Å². The van der Waals surface area contributed by atoms with Crippen molar-refractivity contribution in [2.45, 2.75) is 0 Å². The first-order valence-electron chi connectivity index (χ1n) is 5.46. The van der Waals surface area contributed by atoms with Crippen LogP contribution < -0.4 is 4.74 Å². The van der Waals surface area contributed by atoms with Crippen LogP contribution in [0.5, 0.6) is 5.75 Å². The van der Waals surface area contributed by atoms with E-state index in [0.717, 1.165) is 5.39 Å². The van der Waals surface area contributed by atoms with Crippen LogP contribution in [0.4, 0.5) is 0 Å². The fourth-order valence-electron chi connectivity index (χ4n) is 1.50. The molecular formula is C13H13ClN2O2. The van der Waals surface area contributed by atoms with Crippen LogP contribution in [-0.4, -0.2) is 36.5 Å². The Morgan fingerprint density at radius 3 is 2.89 bits per heavy atom. The molecule has 1 aromatic carbocycles. The first-order valence-corrected chi connectivity index (χ1v) is 5.83. The van der Waals surface area contributed by atoms with Crippen molar-refractivity contribution in [2.75, 3.05) is 20.7 Å². The molecule has 2 aromatic rings. The fraction of sp³-hybridized carbons (Fsp3) is 0.231. The molecule has 2 rings (SSSR count). The van der Waals surface area contributed by atoms with Crippen LogP contribution in [0, 0.1) is 0 Å². The zero-order valence-corrected chi connectivity index (χ0v) is 10.9. The van der Waals surface area contributed by atoms with E-state index < -0.39 is 0 Å². The first-order chi connectivity index (χ1) is 8.59. The summed E-state index contributed by atoms with van der Waals surface area (Å²) >= 11 is 6.07. The van der Waals surface area contributed by atoms with Gasteiger partial charge < -0.3 is 9.64 Å². The van der Waals surface area contributed by atoms with Gasteiger partial charge >= 0.3 is 0 Å². The van der Waals surface area contributed by atoms with Gasteiger partial charge in [0.1, 0.15) is 11.3 Å². The van der Waals surface area contributed by atoms with Gasteiger partial charge in [0, 0.05) is 25.7 Å². The maximum Gasteiger partial charge on any atom is 0.259 e. The summed E-state index contributed by atoms with van der Waals surface area (Å²) in [6, 6.07) is 7.13. The number of hydrogen-bond acceptors (Lipinski definition) is 3. The lowest BCUT2D eigenvalue weighted by Gasteiger charge is -2.12. The largest absolute Gasteiger partial charge is 0.481 e. The number of pyridine rings is 1. The lowest BCUT2D eigenvalue weighted by molar-refractivity contribution is -0.130. The molecule has 1 aromatic heterocycles. The Kier molecular flexibility index (Phi) is 3.67. The molecule has 0 fully saturated rings. The van der Waals surface area contributed by atoms with E-state index in [2.05, 4.69) is 4.98 Å². The summed E-state index contributed by atoms with van der Waals surface area (Å²) in [5, 5.41) is 1.43. The number of carbonyl (C=O) groups excluding carboxylic acids is 1. The summed E-state index contributed by atoms with van der Waals surface area (Å²) < 4.78 is 5.49. The van der Waals surface area contributed by atoms with E-state index in [-0.39, 0.29) is 12.5 Å². The van der Waals surface area contributed by atoms with Crippen LogP contribution >= 0.6 is 11.6 Å². The minimum Gasteiger partial charge on any atom is -0.481 e. The normalized spacial score (nSPS) is 10.4. The van der Waals surface area contributed by atoms with Crippen molar-refractivity contribution in [3.8, 4) is 5.75 Å². The fourth-order valence-corrected chi connectivity index (χ4v) is 1.71. The summed E-state index contributed by atoms with van der Waals surface area (Å²) in [6.45, 7) is -0.0136. The number of nitrogens with zero attached hydrogens (tertiary/aromatic N) is 2. The Bertz CT molecular complexity index is 584. The summed E-state index contributed by atoms with van der Waals surface area (Å²) in [4.78, 5) is 17.2. The molecule has 1 amide bonds. The van der Waals surface area contributed by atoms with Crippen molar-refractivity contribution in [1.82, 2.24) is 9.88 Å². The molecule has 5 heteroatoms. The monoisotopic (exact) mass is 264 g/mol. The molecule has 4 nitrogen and oxygen atoms in total. The van der Waals surface area contributed by atoms with E-state index in [0.29, 0.717) is 16.3 Å². The SMILES string of the molecule is CN(C)C(=O)COc1ccc(Cl)c2cccnc12. The van der Waals surface area contributed by atoms with Gasteiger partial charge in [0.25, 0.3) is 5.91 Å². The number of halogens is 1. The van der Waals surface area contributed by atoms with Crippen molar-refractivity contribution in [2.24, 2.45) is 0 Å². The first kappa shape index (κ1) is 12.6. The number of rotatable bonds is 3. The van der Waals surface area contributed by atoms with Gasteiger partial charge in [0.15, 0.2) is 6.61 Å². The zero-order valence-electron chi connectivity index (χ0n) is 10.2. The second-order valence-electron chi connectivity index (χ2n) is 4.02. The third-order valence-corrected chi connectivity index (χ3v) is 2.86. The standard InChI is InChI=1S/C13H13ClN2O2/c1-16(2)12(17)8-18-11-6-5-10(14)9-4-3-7-15-13(9)11/h3-7H,8H2,1-2H3. The van der Waals surface area contributed by atoms with Gasteiger partial charge in [-0.3, -0.25) is 9.78 Å². The average Bonchev–Trinajstić information content (AvgIpc) is 2.38. The van der Waals surface area contributed by atoms with Gasteiger partial charge in [-0.15, -0.1) is 0 Å². The number of ether oxygens (including phenoxy) is 1. The van der Waals surface area contributed by atoms with E-state index in [1.165, 1.54) is 4.90 Å². The third kappa shape index (κ3) is 2.54. The molecule has 0 spiro atoms. The van der Waals surface area contributed by atoms with Gasteiger partial charge in [-0.1, -0.05) is 11.6 Å². The molecule has 0 N–H and O–H groups in total. The Morgan fingerprint density at radius 2 is 2.17 bits per heavy atom. The Morgan fingerprint density at radius 1 is 1.39 bits per heavy atom. The molecule has 18 heavy (non-hydrogen) atoms. The van der Waals surface area contributed by atoms with Gasteiger partial charge in [-0.05, 0) is 24.3 Å². The highest BCUT2D eigenvalue weighted by Crippen LogP contribution is 2.29. The molecule has 1 heterocycles. The third-order valence-electron chi connectivity index (χ3n) is 2.53. The molecule has 94 valence electrons. The number of fused-ring (bicyclic) bond motifs is 1. The highest BCUT2D eigenvalue weighted by atomic mass is 35.5. The average molecular weight is 265 g/mol. The molecule has 0 aliphatic carbocycles. The van der Waals surface area contributed by atoms with Gasteiger partial charge in [0.2, 0.25) is 0 Å². The molecule has 0 atom stereocenters. The molecule has 0 aliphatic rings. The van der Waals surface area contributed by atoms with Crippen molar-refractivity contribution >= 4 is 28.4 Å². The van der Waals surface area contributed by atoms with Crippen molar-refractivity contribution in [3.63, 3.8) is 0 Å². The predicted octanol–water partition coefficient (Wildman–Crippen LogP) is 2.36. The number of carbonyl (C=O) groups is 1. The van der Waals surface area contributed by atoms with Crippen LogP contribution in [0.2, 0.25) is 5.02 Å². The molecule has 0 bridgehead atoms. The van der Waals surface area contributed by atoms with Crippen LogP contribution in [-0.2, 0) is 4.79 Å². The molecule has 0 saturated carbocycles. The smallest absolute Gasteiger partial charge is 0.259 e. The van der Waals surface area contributed by atoms with Crippen LogP contribution in [0.1, 0.15) is 0 Å². The topological polar surface area (TPSA) is 42.4 Å². The lowest BCUT2D eigenvalue weighted by Crippen LogP contribution is -2.27. The summed E-state index contributed by atoms with van der Waals surface area (Å²) in [5.41, 5.74) is 0.663. The second-order valence-corrected chi connectivity index (χ2v) is 4.43. The number of hydrogen-bond donors (Lipinski definition) is 0. The van der Waals surface area contributed by atoms with Crippen LogP contribution in [0.15, 0.2) is 30.5 Å². The summed E-state index contributed by atoms with van der Waals surface area (Å²) in [6.07, 6.45) is 1.67. The lowest BCUT2D eigenvalue weighted by atomic mass is 10.2. The number of aromatic nitrogens is 1. The maximum atomic E-state index is 11.5. The summed E-state index contributed by atoms with van der Waals surface area (Å²) in [7, 11) is 3.37. The zero-order chi connectivity index (χ0) is 13.1. The Hall–Kier alpha value is -1.81. The van der Waals surface area contributed by atoms with Crippen molar-refractivity contribution in [1.29, 1.82) is 0 Å². The minimum absolute atomic E-state index is 0.0136. The van der Waals surface area contributed by atoms with Gasteiger partial charge in [0.05, 0.1) is 5.02 Å². The van der Waals surface area contributed by atoms with Gasteiger partial charge in [-0.2, -0.15) is 0 Å². The molecule has 0 saturated heterocycles. The maximum absolute atomic E-state index is 11.5. The van der Waals surface area contributed by atoms with Crippen LogP contribution in [0.3, 0.4) is 0 Å². The summed E-state index contributed by atoms with van der Waals surface area (Å²) in [5.74, 6) is 0.458. The predicted molar refractivity (Wildman–Crippen MR) is 70.9 cm³/mol. The van der Waals surface area contributed by atoms with E-state index in [1.807, 2.05) is 12.1 Å². The highest BCUT2D eigenvalue weighted by Gasteiger charge is 2.09. The minimum atomic E-state index is -0.103. The second kappa shape index (κ2) is 5.23. The van der Waals surface area contributed by atoms with Gasteiger partial charge in [-0.25, -0.2) is 0 Å². The van der Waals surface area contributed by atoms with E-state index >= 15 is 0 Å². The molecule has 0 unspecified atom stereocenters. The van der Waals surface area contributed by atoms with E-state index in [9.17, 15) is 4.79 Å². The Labute approximate surface area is 110 Å². The molecule has 0 aliphatic heterocycles. The van der Waals surface area contributed by atoms with Crippen molar-refractivity contribution in [3.05, 3.63) is 35.5 Å². The number of amides is 1. The molecule has 0 radical (unpaired) electrons. The quantitative estimate of drug-likeness (QED) is 0.855. The molecular weight excluding hydrogens is 252 g/mol. The number of benzene rings is 1. The van der Waals surface area contributed by atoms with Crippen molar-refractivity contribution < 1.29 is 9.53 Å². The van der Waals surface area contributed by atoms with Crippen LogP contribution in [0.25, 0.3) is 10.9 Å². The highest BCUT2D eigenvalue weighted by molar-refractivity contribution is 6.35. The van der Waals surface area contributed by atoms with E-state index in [1.54, 1.807) is 32.4 Å². The number of likely N-dealkylation sites (N-methyl/N-ethyl adjacent to an activating group) is 1. The Balaban J connectivity index is 2.29.